The fraction of sp³-hybridized carbons (Fsp3) is 0.0667. The number of allylic oxidation sites excluding steroid dienone is 8. The van der Waals surface area contributed by atoms with Gasteiger partial charge in [0.05, 0.1) is 11.1 Å². The van der Waals surface area contributed by atoms with Gasteiger partial charge in [-0.25, -0.2) is 24.3 Å². The van der Waals surface area contributed by atoms with E-state index in [1.165, 1.54) is 24.3 Å². The predicted molar refractivity (Wildman–Crippen MR) is 142 cm³/mol. The average Bonchev–Trinajstić information content (AvgIpc) is 3.55. The molecular formula is C30H5F7N10. The Morgan fingerprint density at radius 1 is 0.553 bits per heavy atom. The maximum absolute atomic E-state index is 16.9. The SMILES string of the molecule is N#CC(C#N)=C1C(c2cnc(C(F)(F)F)nc2)=C(C#N)c2cc3c(c(F)c21)C(=C(C#N)C#N)C(c1cnc(C(F)(F)F)nc1)=C3C#N. The van der Waals surface area contributed by atoms with Crippen molar-refractivity contribution in [2.75, 3.05) is 0 Å². The fourth-order valence-corrected chi connectivity index (χ4v) is 5.09. The zero-order chi connectivity index (χ0) is 34.4. The van der Waals surface area contributed by atoms with E-state index in [2.05, 4.69) is 19.9 Å². The molecule has 0 spiro atoms. The van der Waals surface area contributed by atoms with Gasteiger partial charge in [-0.3, -0.25) is 0 Å². The zero-order valence-electron chi connectivity index (χ0n) is 22.5. The number of nitriles is 6. The molecule has 2 aromatic heterocycles. The molecule has 0 saturated heterocycles. The molecular weight excluding hydrogens is 633 g/mol. The Kier molecular flexibility index (Phi) is 7.34. The van der Waals surface area contributed by atoms with Gasteiger partial charge < -0.3 is 0 Å². The van der Waals surface area contributed by atoms with Crippen LogP contribution in [-0.2, 0) is 12.4 Å². The molecule has 1 aromatic carbocycles. The van der Waals surface area contributed by atoms with Crippen molar-refractivity contribution < 1.29 is 30.7 Å². The number of hydrogen-bond acceptors (Lipinski definition) is 10. The van der Waals surface area contributed by atoms with Gasteiger partial charge in [0.15, 0.2) is 0 Å². The minimum Gasteiger partial charge on any atom is -0.232 e. The smallest absolute Gasteiger partial charge is 0.232 e. The normalized spacial score (nSPS) is 13.5. The molecule has 0 radical (unpaired) electrons. The summed E-state index contributed by atoms with van der Waals surface area (Å²) in [4.78, 5) is 12.9. The van der Waals surface area contributed by atoms with Crippen molar-refractivity contribution in [1.29, 1.82) is 31.6 Å². The third-order valence-corrected chi connectivity index (χ3v) is 6.86. The number of nitrogens with zero attached hydrogens (tertiary/aromatic N) is 10. The number of alkyl halides is 6. The molecule has 0 fully saturated rings. The second-order valence-electron chi connectivity index (χ2n) is 9.29. The number of benzene rings is 1. The van der Waals surface area contributed by atoms with E-state index >= 15 is 4.39 Å². The van der Waals surface area contributed by atoms with Crippen LogP contribution in [0.3, 0.4) is 0 Å². The van der Waals surface area contributed by atoms with Crippen LogP contribution in [0.4, 0.5) is 30.7 Å². The Morgan fingerprint density at radius 2 is 0.872 bits per heavy atom. The Balaban J connectivity index is 1.90. The van der Waals surface area contributed by atoms with E-state index in [4.69, 9.17) is 0 Å². The standard InChI is InChI=1S/C30H5F7N10/c31-26-24-16(18(6-42)20(22(24)12(2-38)3-39)14-8-44-27(45-9-14)29(32,33)34)1-17-19(7-43)21(23(25(17)26)13(4-40)5-41)15-10-46-28(47-11-15)30(35,36)37/h1,8-11H. The first-order valence-electron chi connectivity index (χ1n) is 12.3. The van der Waals surface area contributed by atoms with Crippen molar-refractivity contribution in [3.05, 3.63) is 92.8 Å². The highest BCUT2D eigenvalue weighted by molar-refractivity contribution is 6.29. The van der Waals surface area contributed by atoms with Crippen molar-refractivity contribution in [2.45, 2.75) is 12.4 Å². The van der Waals surface area contributed by atoms with Crippen LogP contribution < -0.4 is 0 Å². The molecule has 224 valence electrons. The van der Waals surface area contributed by atoms with Gasteiger partial charge in [0.1, 0.15) is 53.4 Å². The van der Waals surface area contributed by atoms with Gasteiger partial charge in [-0.1, -0.05) is 0 Å². The fourth-order valence-electron chi connectivity index (χ4n) is 5.09. The van der Waals surface area contributed by atoms with E-state index in [-0.39, 0.29) is 22.3 Å². The van der Waals surface area contributed by atoms with Crippen LogP contribution in [0.1, 0.15) is 45.0 Å². The van der Waals surface area contributed by atoms with E-state index in [0.717, 1.165) is 6.07 Å². The van der Waals surface area contributed by atoms with Crippen molar-refractivity contribution >= 4 is 33.4 Å². The first-order valence-corrected chi connectivity index (χ1v) is 12.3. The summed E-state index contributed by atoms with van der Waals surface area (Å²) in [5.41, 5.74) is -7.08. The van der Waals surface area contributed by atoms with Crippen LogP contribution in [0.2, 0.25) is 0 Å². The second-order valence-corrected chi connectivity index (χ2v) is 9.29. The van der Waals surface area contributed by atoms with Gasteiger partial charge in [0, 0.05) is 80.5 Å². The van der Waals surface area contributed by atoms with E-state index in [1.54, 1.807) is 12.1 Å². The molecule has 0 bridgehead atoms. The summed E-state index contributed by atoms with van der Waals surface area (Å²) in [7, 11) is 0. The lowest BCUT2D eigenvalue weighted by atomic mass is 9.89. The minimum absolute atomic E-state index is 0.326. The van der Waals surface area contributed by atoms with Crippen molar-refractivity contribution in [2.24, 2.45) is 0 Å². The van der Waals surface area contributed by atoms with E-state index in [1.807, 2.05) is 0 Å². The van der Waals surface area contributed by atoms with Crippen molar-refractivity contribution in [1.82, 2.24) is 19.9 Å². The van der Waals surface area contributed by atoms with E-state index in [0.29, 0.717) is 24.8 Å². The molecule has 2 aliphatic carbocycles. The minimum atomic E-state index is -4.96. The third-order valence-electron chi connectivity index (χ3n) is 6.86. The van der Waals surface area contributed by atoms with Crippen LogP contribution in [0.15, 0.2) is 42.0 Å². The predicted octanol–water partition coefficient (Wildman–Crippen LogP) is 5.94. The molecule has 2 aliphatic rings. The number of hydrogen-bond donors (Lipinski definition) is 0. The largest absolute Gasteiger partial charge is 0.451 e. The lowest BCUT2D eigenvalue weighted by Crippen LogP contribution is -2.11. The lowest BCUT2D eigenvalue weighted by molar-refractivity contribution is -0.145. The molecule has 17 heteroatoms. The van der Waals surface area contributed by atoms with Gasteiger partial charge >= 0.3 is 12.4 Å². The summed E-state index contributed by atoms with van der Waals surface area (Å²) in [6.07, 6.45) is -7.35. The molecule has 0 N–H and O–H groups in total. The number of halogens is 7. The molecule has 0 aliphatic heterocycles. The monoisotopic (exact) mass is 638 g/mol. The first kappa shape index (κ1) is 31.2. The van der Waals surface area contributed by atoms with Gasteiger partial charge in [0.25, 0.3) is 0 Å². The number of fused-ring (bicyclic) bond motifs is 2. The number of rotatable bonds is 2. The summed E-state index contributed by atoms with van der Waals surface area (Å²) in [5.74, 6) is -4.50. The Hall–Kier alpha value is -7.21. The molecule has 0 atom stereocenters. The molecule has 47 heavy (non-hydrogen) atoms. The van der Waals surface area contributed by atoms with Crippen LogP contribution in [0.25, 0.3) is 33.4 Å². The van der Waals surface area contributed by atoms with E-state index < -0.39 is 85.5 Å². The van der Waals surface area contributed by atoms with Gasteiger partial charge in [-0.05, 0) is 6.07 Å². The Bertz CT molecular complexity index is 2120. The summed E-state index contributed by atoms with van der Waals surface area (Å²) in [6, 6.07) is 10.7. The molecule has 10 nitrogen and oxygen atoms in total. The number of aromatic nitrogens is 4. The summed E-state index contributed by atoms with van der Waals surface area (Å²) >= 11 is 0. The van der Waals surface area contributed by atoms with Gasteiger partial charge in [-0.15, -0.1) is 0 Å². The van der Waals surface area contributed by atoms with Crippen LogP contribution in [0, 0.1) is 73.8 Å². The van der Waals surface area contributed by atoms with Gasteiger partial charge in [-0.2, -0.15) is 57.9 Å². The molecule has 0 amide bonds. The maximum atomic E-state index is 16.9. The highest BCUT2D eigenvalue weighted by Crippen LogP contribution is 2.55. The van der Waals surface area contributed by atoms with Gasteiger partial charge in [0.2, 0.25) is 11.6 Å². The highest BCUT2D eigenvalue weighted by Gasteiger charge is 2.42. The van der Waals surface area contributed by atoms with Crippen LogP contribution in [-0.4, -0.2) is 19.9 Å². The third kappa shape index (κ3) is 4.78. The van der Waals surface area contributed by atoms with Crippen molar-refractivity contribution in [3.8, 4) is 36.4 Å². The quantitative estimate of drug-likeness (QED) is 0.239. The molecule has 3 aromatic rings. The van der Waals surface area contributed by atoms with Crippen LogP contribution >= 0.6 is 0 Å². The second kappa shape index (κ2) is 11.1. The Labute approximate surface area is 257 Å². The lowest BCUT2D eigenvalue weighted by Gasteiger charge is -2.13. The summed E-state index contributed by atoms with van der Waals surface area (Å²) in [6.45, 7) is 0. The first-order chi connectivity index (χ1) is 22.3. The molecule has 5 rings (SSSR count). The zero-order valence-corrected chi connectivity index (χ0v) is 22.5. The van der Waals surface area contributed by atoms with Crippen molar-refractivity contribution in [3.63, 3.8) is 0 Å². The topological polar surface area (TPSA) is 194 Å². The maximum Gasteiger partial charge on any atom is 0.451 e. The Morgan fingerprint density at radius 3 is 1.13 bits per heavy atom. The van der Waals surface area contributed by atoms with Crippen LogP contribution in [0.5, 0.6) is 0 Å². The molecule has 0 unspecified atom stereocenters. The summed E-state index contributed by atoms with van der Waals surface area (Å²) < 4.78 is 95.8. The highest BCUT2D eigenvalue weighted by atomic mass is 19.4. The molecule has 2 heterocycles. The van der Waals surface area contributed by atoms with E-state index in [9.17, 15) is 57.9 Å². The summed E-state index contributed by atoms with van der Waals surface area (Å²) in [5, 5.41) is 59.3. The average molecular weight is 638 g/mol. The molecule has 0 saturated carbocycles.